The zero-order chi connectivity index (χ0) is 73.5. The molecule has 11 rings (SSSR count). The van der Waals surface area contributed by atoms with Gasteiger partial charge in [0.2, 0.25) is 0 Å². The van der Waals surface area contributed by atoms with E-state index in [4.69, 9.17) is 75.8 Å². The number of allylic oxidation sites excluding steroid dienone is 2. The Morgan fingerprint density at radius 1 is 0.525 bits per heavy atom. The fourth-order valence-corrected chi connectivity index (χ4v) is 19.5. The van der Waals surface area contributed by atoms with Crippen LogP contribution < -0.4 is 0 Å². The molecule has 37 atom stereocenters. The summed E-state index contributed by atoms with van der Waals surface area (Å²) in [7, 11) is 2.36. The van der Waals surface area contributed by atoms with Crippen LogP contribution in [0.15, 0.2) is 11.6 Å². The maximum Gasteiger partial charge on any atom is 0.313 e. The molecule has 33 heteroatoms. The molecule has 1 spiro atoms. The highest BCUT2D eigenvalue weighted by atomic mass is 16.8. The second-order valence-electron chi connectivity index (χ2n) is 31.4. The molecule has 4 unspecified atom stereocenters. The first-order chi connectivity index (χ1) is 47.7. The molecule has 7 heterocycles. The van der Waals surface area contributed by atoms with Crippen LogP contribution in [-0.2, 0) is 85.4 Å². The average molecular weight is 1460 g/mol. The van der Waals surface area contributed by atoms with Crippen molar-refractivity contribution in [2.75, 3.05) is 53.9 Å². The van der Waals surface area contributed by atoms with E-state index < -0.39 is 246 Å². The second-order valence-corrected chi connectivity index (χ2v) is 31.4. The minimum Gasteiger partial charge on any atom is -0.462 e. The molecule has 11 aliphatic rings. The predicted octanol–water partition coefficient (Wildman–Crippen LogP) is -3.85. The first kappa shape index (κ1) is 79.6. The summed E-state index contributed by atoms with van der Waals surface area (Å²) in [6.45, 7) is 11.9. The Hall–Kier alpha value is -2.48. The van der Waals surface area contributed by atoms with Crippen molar-refractivity contribution in [2.24, 2.45) is 45.3 Å². The van der Waals surface area contributed by atoms with Crippen molar-refractivity contribution in [3.63, 3.8) is 0 Å². The van der Waals surface area contributed by atoms with Crippen LogP contribution in [0.3, 0.4) is 0 Å². The molecule has 4 aliphatic carbocycles. The molecule has 3 saturated carbocycles. The van der Waals surface area contributed by atoms with E-state index >= 15 is 0 Å². The summed E-state index contributed by atoms with van der Waals surface area (Å²) in [6, 6.07) is 0. The molecule has 0 bridgehead atoms. The normalized spacial score (nSPS) is 50.9. The molecule has 101 heavy (non-hydrogen) atoms. The standard InChI is InChI=1S/C68H110O33/c1-27(2)19-29(90-28(3)73)20-67(8)39-14-17-66(7)31-11-12-38-64(4,5)40(15-16-65(38,6)30(31)13-18-68(39,66)63(85)101-67)97-62-56(46(79)37(26-89-62)96-59-51(84)55(45(78)35(24-72)92-59)99-61-49(82)53(87-10)43(76)33(22-70)94-61)100-57-47(80)41(74)36(25-88-57)95-58-50(83)54(44(77)34(23-71)91-58)98-60-48(81)52(86-9)42(75)32(21-69)93-60/h11,27,29-30,32-62,69-72,74-84H,12-26H2,1-10H3/t29-,30?,32+,33+,34+,35+,36+,37+,38?,39?,40-,41-,42+,43+,44+,45+,46-,47+,48+,49+,50+,51+,52-,53-,54-,55-,56+,57-,58-,59-,60-,61-,62-,65+,66-,67-,68?/m0/s1. The third-order valence-electron chi connectivity index (χ3n) is 24.8. The molecule has 0 aromatic heterocycles. The molecule has 0 radical (unpaired) electrons. The van der Waals surface area contributed by atoms with Crippen LogP contribution in [0.5, 0.6) is 0 Å². The lowest BCUT2D eigenvalue weighted by atomic mass is 9.41. The first-order valence-corrected chi connectivity index (χ1v) is 35.6. The Bertz CT molecular complexity index is 2820. The summed E-state index contributed by atoms with van der Waals surface area (Å²) >= 11 is 0. The number of aliphatic hydroxyl groups is 15. The van der Waals surface area contributed by atoms with Gasteiger partial charge in [0.1, 0.15) is 146 Å². The number of aliphatic hydroxyl groups excluding tert-OH is 15. The van der Waals surface area contributed by atoms with E-state index in [1.54, 1.807) is 0 Å². The fourth-order valence-electron chi connectivity index (χ4n) is 19.5. The van der Waals surface area contributed by atoms with Crippen LogP contribution in [0, 0.1) is 45.3 Å². The highest BCUT2D eigenvalue weighted by Crippen LogP contribution is 2.76. The van der Waals surface area contributed by atoms with Gasteiger partial charge in [0.05, 0.1) is 51.2 Å². The van der Waals surface area contributed by atoms with Crippen molar-refractivity contribution in [1.29, 1.82) is 0 Å². The lowest BCUT2D eigenvalue weighted by Gasteiger charge is -2.64. The van der Waals surface area contributed by atoms with Gasteiger partial charge in [-0.3, -0.25) is 9.59 Å². The van der Waals surface area contributed by atoms with Gasteiger partial charge in [-0.05, 0) is 86.9 Å². The summed E-state index contributed by atoms with van der Waals surface area (Å²) in [5.74, 6) is -0.393. The number of cyclic esters (lactones) is 1. The van der Waals surface area contributed by atoms with Crippen molar-refractivity contribution < 1.29 is 162 Å². The van der Waals surface area contributed by atoms with E-state index in [1.807, 2.05) is 6.92 Å². The molecule has 7 aliphatic heterocycles. The van der Waals surface area contributed by atoms with E-state index in [-0.39, 0.29) is 41.0 Å². The van der Waals surface area contributed by atoms with Gasteiger partial charge >= 0.3 is 11.9 Å². The molecule has 10 fully saturated rings. The van der Waals surface area contributed by atoms with Gasteiger partial charge < -0.3 is 152 Å². The van der Waals surface area contributed by atoms with Crippen LogP contribution in [-0.4, -0.2) is 332 Å². The number of rotatable bonds is 23. The summed E-state index contributed by atoms with van der Waals surface area (Å²) in [5, 5.41) is 167. The van der Waals surface area contributed by atoms with E-state index in [0.29, 0.717) is 38.5 Å². The highest BCUT2D eigenvalue weighted by molar-refractivity contribution is 5.83. The van der Waals surface area contributed by atoms with Gasteiger partial charge in [0.25, 0.3) is 0 Å². The molecule has 0 amide bonds. The summed E-state index contributed by atoms with van der Waals surface area (Å²) < 4.78 is 95.7. The lowest BCUT2D eigenvalue weighted by molar-refractivity contribution is -0.392. The molecular weight excluding hydrogens is 1340 g/mol. The number of hydrogen-bond donors (Lipinski definition) is 15. The summed E-state index contributed by atoms with van der Waals surface area (Å²) in [5.41, 5.74) is -1.86. The highest BCUT2D eigenvalue weighted by Gasteiger charge is 2.77. The molecule has 0 aromatic rings. The van der Waals surface area contributed by atoms with Crippen LogP contribution in [0.4, 0.5) is 0 Å². The average Bonchev–Trinajstić information content (AvgIpc) is 1.53. The molecular formula is C68H110O33. The van der Waals surface area contributed by atoms with Crippen LogP contribution in [0.25, 0.3) is 0 Å². The van der Waals surface area contributed by atoms with E-state index in [9.17, 15) is 86.2 Å². The largest absolute Gasteiger partial charge is 0.462 e. The third kappa shape index (κ3) is 14.3. The lowest BCUT2D eigenvalue weighted by Crippen LogP contribution is -2.67. The van der Waals surface area contributed by atoms with Crippen molar-refractivity contribution >= 4 is 11.9 Å². The first-order valence-electron chi connectivity index (χ1n) is 35.6. The number of methoxy groups -OCH3 is 2. The molecule has 15 N–H and O–H groups in total. The second kappa shape index (κ2) is 31.2. The monoisotopic (exact) mass is 1450 g/mol. The quantitative estimate of drug-likeness (QED) is 0.0344. The number of hydrogen-bond acceptors (Lipinski definition) is 33. The minimum absolute atomic E-state index is 0.0273. The van der Waals surface area contributed by atoms with Crippen molar-refractivity contribution in [3.05, 3.63) is 11.6 Å². The van der Waals surface area contributed by atoms with Gasteiger partial charge in [-0.25, -0.2) is 0 Å². The number of carbonyl (C=O) groups is 2. The Labute approximate surface area is 585 Å². The van der Waals surface area contributed by atoms with Crippen LogP contribution in [0.2, 0.25) is 0 Å². The molecule has 580 valence electrons. The number of ether oxygens (including phenoxy) is 16. The Morgan fingerprint density at radius 3 is 1.48 bits per heavy atom. The maximum absolute atomic E-state index is 14.8. The topological polar surface area (TPSA) is 485 Å². The summed E-state index contributed by atoms with van der Waals surface area (Å²) in [6.07, 6.45) is -40.7. The smallest absolute Gasteiger partial charge is 0.313 e. The van der Waals surface area contributed by atoms with Crippen LogP contribution in [0.1, 0.15) is 113 Å². The van der Waals surface area contributed by atoms with Crippen molar-refractivity contribution in [1.82, 2.24) is 0 Å². The zero-order valence-electron chi connectivity index (χ0n) is 58.9. The van der Waals surface area contributed by atoms with E-state index in [1.165, 1.54) is 26.7 Å². The van der Waals surface area contributed by atoms with Gasteiger partial charge in [0.15, 0.2) is 37.7 Å². The Balaban J connectivity index is 0.827. The third-order valence-corrected chi connectivity index (χ3v) is 24.8. The van der Waals surface area contributed by atoms with Gasteiger partial charge in [-0.15, -0.1) is 0 Å². The SMILES string of the molecule is CO[C@@H]1[C@@H](O)[C@H](O[C@@H]2[C@@H](O)[C@H](O[C@@H]3CO[C@@H](O[C@H]4[C@H](O[C@H]5CC[C@]6(C)C7CCC89C(=O)O[C@@](C)(C[C@H](CC(C)C)OC(C)=O)C8CC[C@@]9(C)C7=CCC6C5(C)C)OC[C@@H](O[C@@H]5O[C@H](CO)[C@@H](O)[C@H](O[C@@H]6O[C@H](CO)[C@@H](O)[C@H](OC)[C@H]6O)[C@H]5O)[C@@H]4O)[C@H](O)[C@H]3O)O[C@H](CO)[C@H]2O)O[C@H](CO)[C@H]1O. The number of carbonyl (C=O) groups excluding carboxylic acids is 2. The predicted molar refractivity (Wildman–Crippen MR) is 337 cm³/mol. The number of fused-ring (bicyclic) bond motifs is 4. The minimum atomic E-state index is -2.06. The number of esters is 2. The van der Waals surface area contributed by atoms with Crippen LogP contribution >= 0.6 is 0 Å². The Morgan fingerprint density at radius 2 is 0.990 bits per heavy atom. The van der Waals surface area contributed by atoms with Gasteiger partial charge in [0, 0.05) is 38.9 Å². The maximum atomic E-state index is 14.8. The molecule has 33 nitrogen and oxygen atoms in total. The summed E-state index contributed by atoms with van der Waals surface area (Å²) in [4.78, 5) is 27.1. The van der Waals surface area contributed by atoms with Crippen molar-refractivity contribution in [2.45, 2.75) is 303 Å². The van der Waals surface area contributed by atoms with Gasteiger partial charge in [-0.1, -0.05) is 53.2 Å². The molecule has 7 saturated heterocycles. The zero-order valence-corrected chi connectivity index (χ0v) is 58.9. The fraction of sp³-hybridized carbons (Fsp3) is 0.941. The Kier molecular flexibility index (Phi) is 24.6. The molecule has 0 aromatic carbocycles. The van der Waals surface area contributed by atoms with E-state index in [0.717, 1.165) is 19.3 Å². The van der Waals surface area contributed by atoms with Crippen molar-refractivity contribution in [3.8, 4) is 0 Å². The van der Waals surface area contributed by atoms with Gasteiger partial charge in [-0.2, -0.15) is 0 Å². The van der Waals surface area contributed by atoms with E-state index in [2.05, 4.69) is 47.6 Å².